The fourth-order valence-electron chi connectivity index (χ4n) is 2.88. The molecule has 0 heterocycles. The van der Waals surface area contributed by atoms with Gasteiger partial charge in [0.25, 0.3) is 0 Å². The van der Waals surface area contributed by atoms with E-state index in [-0.39, 0.29) is 24.8 Å². The van der Waals surface area contributed by atoms with E-state index in [9.17, 15) is 19.2 Å². The van der Waals surface area contributed by atoms with Crippen LogP contribution < -0.4 is 9.64 Å². The van der Waals surface area contributed by atoms with Crippen LogP contribution in [0.5, 0.6) is 5.75 Å². The SMILES string of the molecule is CCCCC(=O)N(Cc1ccccc1OC(=O)C(C)=O)c1cccc(C(=O)OCC)c1. The molecule has 0 saturated carbocycles. The first-order valence-electron chi connectivity index (χ1n) is 10.3. The number of anilines is 1. The molecule has 0 atom stereocenters. The molecule has 31 heavy (non-hydrogen) atoms. The number of ether oxygens (including phenoxy) is 2. The van der Waals surface area contributed by atoms with Crippen molar-refractivity contribution in [3.63, 3.8) is 0 Å². The molecule has 0 aliphatic heterocycles. The molecule has 2 aromatic rings. The van der Waals surface area contributed by atoms with Crippen molar-refractivity contribution in [2.75, 3.05) is 11.5 Å². The standard InChI is InChI=1S/C24H27NO6/c1-4-6-14-22(27)25(20-12-9-11-18(15-20)24(29)30-5-2)16-19-10-7-8-13-21(19)31-23(28)17(3)26/h7-13,15H,4-6,14,16H2,1-3H3. The number of carbonyl (C=O) groups excluding carboxylic acids is 4. The van der Waals surface area contributed by atoms with Gasteiger partial charge in [0, 0.05) is 24.6 Å². The largest absolute Gasteiger partial charge is 0.462 e. The molecule has 0 aliphatic carbocycles. The Labute approximate surface area is 182 Å². The zero-order valence-corrected chi connectivity index (χ0v) is 18.1. The summed E-state index contributed by atoms with van der Waals surface area (Å²) in [7, 11) is 0. The molecule has 0 unspecified atom stereocenters. The third-order valence-corrected chi connectivity index (χ3v) is 4.51. The highest BCUT2D eigenvalue weighted by Gasteiger charge is 2.21. The molecule has 2 rings (SSSR count). The maximum absolute atomic E-state index is 13.0. The average molecular weight is 425 g/mol. The van der Waals surface area contributed by atoms with E-state index in [1.54, 1.807) is 60.4 Å². The number of Topliss-reactive ketones (excluding diaryl/α,β-unsaturated/α-hetero) is 1. The minimum absolute atomic E-state index is 0.107. The van der Waals surface area contributed by atoms with Crippen LogP contribution in [-0.4, -0.2) is 30.2 Å². The Morgan fingerprint density at radius 2 is 1.71 bits per heavy atom. The number of ketones is 1. The summed E-state index contributed by atoms with van der Waals surface area (Å²) in [6.45, 7) is 5.21. The lowest BCUT2D eigenvalue weighted by Crippen LogP contribution is -2.31. The molecule has 0 radical (unpaired) electrons. The first-order chi connectivity index (χ1) is 14.9. The average Bonchev–Trinajstić information content (AvgIpc) is 2.77. The Hall–Kier alpha value is -3.48. The second kappa shape index (κ2) is 11.6. The summed E-state index contributed by atoms with van der Waals surface area (Å²) in [5.41, 5.74) is 1.42. The van der Waals surface area contributed by atoms with E-state index in [1.165, 1.54) is 0 Å². The van der Waals surface area contributed by atoms with Gasteiger partial charge in [-0.05, 0) is 37.6 Å². The molecule has 7 nitrogen and oxygen atoms in total. The molecule has 0 aromatic heterocycles. The quantitative estimate of drug-likeness (QED) is 0.324. The number of esters is 2. The van der Waals surface area contributed by atoms with E-state index in [0.717, 1.165) is 13.3 Å². The van der Waals surface area contributed by atoms with E-state index < -0.39 is 17.7 Å². The molecule has 0 saturated heterocycles. The van der Waals surface area contributed by atoms with Gasteiger partial charge in [0.05, 0.1) is 18.7 Å². The molecule has 7 heteroatoms. The van der Waals surface area contributed by atoms with Crippen LogP contribution in [0, 0.1) is 0 Å². The van der Waals surface area contributed by atoms with Crippen molar-refractivity contribution >= 4 is 29.3 Å². The molecule has 2 aromatic carbocycles. The second-order valence-corrected chi connectivity index (χ2v) is 6.91. The van der Waals surface area contributed by atoms with Crippen LogP contribution in [0.4, 0.5) is 5.69 Å². The van der Waals surface area contributed by atoms with E-state index in [2.05, 4.69) is 0 Å². The van der Waals surface area contributed by atoms with Gasteiger partial charge in [-0.1, -0.05) is 37.6 Å². The molecule has 164 valence electrons. The second-order valence-electron chi connectivity index (χ2n) is 6.91. The van der Waals surface area contributed by atoms with Crippen LogP contribution in [0.15, 0.2) is 48.5 Å². The van der Waals surface area contributed by atoms with Gasteiger partial charge in [0.1, 0.15) is 5.75 Å². The fraction of sp³-hybridized carbons (Fsp3) is 0.333. The third kappa shape index (κ3) is 6.77. The highest BCUT2D eigenvalue weighted by atomic mass is 16.5. The molecular weight excluding hydrogens is 398 g/mol. The van der Waals surface area contributed by atoms with E-state index >= 15 is 0 Å². The topological polar surface area (TPSA) is 90.0 Å². The number of nitrogens with zero attached hydrogens (tertiary/aromatic N) is 1. The number of benzene rings is 2. The molecule has 1 amide bonds. The van der Waals surface area contributed by atoms with E-state index in [1.807, 2.05) is 6.92 Å². The summed E-state index contributed by atoms with van der Waals surface area (Å²) in [6.07, 6.45) is 1.90. The van der Waals surface area contributed by atoms with Crippen molar-refractivity contribution in [1.82, 2.24) is 0 Å². The normalized spacial score (nSPS) is 10.3. The monoisotopic (exact) mass is 425 g/mol. The highest BCUT2D eigenvalue weighted by Crippen LogP contribution is 2.26. The summed E-state index contributed by atoms with van der Waals surface area (Å²) in [5, 5.41) is 0. The van der Waals surface area contributed by atoms with Crippen LogP contribution in [-0.2, 0) is 25.7 Å². The minimum Gasteiger partial charge on any atom is -0.462 e. The van der Waals surface area contributed by atoms with Crippen molar-refractivity contribution in [2.24, 2.45) is 0 Å². The van der Waals surface area contributed by atoms with Crippen LogP contribution >= 0.6 is 0 Å². The number of hydrogen-bond donors (Lipinski definition) is 0. The molecule has 0 spiro atoms. The van der Waals surface area contributed by atoms with Crippen LogP contribution in [0.1, 0.15) is 56.0 Å². The smallest absolute Gasteiger partial charge is 0.379 e. The summed E-state index contributed by atoms with van der Waals surface area (Å²) < 4.78 is 10.3. The molecule has 0 aliphatic rings. The number of rotatable bonds is 10. The van der Waals surface area contributed by atoms with Gasteiger partial charge in [-0.2, -0.15) is 0 Å². The Balaban J connectivity index is 2.40. The van der Waals surface area contributed by atoms with Gasteiger partial charge >= 0.3 is 11.9 Å². The summed E-state index contributed by atoms with van der Waals surface area (Å²) in [4.78, 5) is 49.8. The Morgan fingerprint density at radius 3 is 2.39 bits per heavy atom. The lowest BCUT2D eigenvalue weighted by atomic mass is 10.1. The number of amides is 1. The highest BCUT2D eigenvalue weighted by molar-refractivity contribution is 6.33. The first kappa shape index (κ1) is 23.8. The first-order valence-corrected chi connectivity index (χ1v) is 10.3. The number of hydrogen-bond acceptors (Lipinski definition) is 6. The number of para-hydroxylation sites is 1. The van der Waals surface area contributed by atoms with Crippen LogP contribution in [0.2, 0.25) is 0 Å². The van der Waals surface area contributed by atoms with Crippen molar-refractivity contribution in [3.8, 4) is 5.75 Å². The fourth-order valence-corrected chi connectivity index (χ4v) is 2.88. The predicted octanol–water partition coefficient (Wildman–Crippen LogP) is 4.08. The lowest BCUT2D eigenvalue weighted by molar-refractivity contribution is -0.146. The van der Waals surface area contributed by atoms with Gasteiger partial charge in [0.15, 0.2) is 0 Å². The van der Waals surface area contributed by atoms with Crippen LogP contribution in [0.25, 0.3) is 0 Å². The Bertz CT molecular complexity index is 953. The summed E-state index contributed by atoms with van der Waals surface area (Å²) in [5.74, 6) is -2.08. The molecular formula is C24H27NO6. The maximum atomic E-state index is 13.0. The molecule has 0 bridgehead atoms. The minimum atomic E-state index is -0.972. The van der Waals surface area contributed by atoms with Crippen molar-refractivity contribution in [2.45, 2.75) is 46.6 Å². The number of carbonyl (C=O) groups is 4. The molecule has 0 N–H and O–H groups in total. The van der Waals surface area contributed by atoms with Gasteiger partial charge in [-0.15, -0.1) is 0 Å². The van der Waals surface area contributed by atoms with Gasteiger partial charge in [0.2, 0.25) is 11.7 Å². The summed E-state index contributed by atoms with van der Waals surface area (Å²) >= 11 is 0. The number of unbranched alkanes of at least 4 members (excludes halogenated alkanes) is 1. The van der Waals surface area contributed by atoms with Gasteiger partial charge in [-0.25, -0.2) is 9.59 Å². The summed E-state index contributed by atoms with van der Waals surface area (Å²) in [6, 6.07) is 13.4. The third-order valence-electron chi connectivity index (χ3n) is 4.51. The predicted molar refractivity (Wildman–Crippen MR) is 116 cm³/mol. The maximum Gasteiger partial charge on any atom is 0.379 e. The van der Waals surface area contributed by atoms with Gasteiger partial charge in [-0.3, -0.25) is 9.59 Å². The van der Waals surface area contributed by atoms with Crippen molar-refractivity contribution < 1.29 is 28.7 Å². The zero-order valence-electron chi connectivity index (χ0n) is 18.1. The lowest BCUT2D eigenvalue weighted by Gasteiger charge is -2.24. The molecule has 0 fully saturated rings. The Morgan fingerprint density at radius 1 is 0.968 bits per heavy atom. The zero-order chi connectivity index (χ0) is 22.8. The van der Waals surface area contributed by atoms with E-state index in [0.29, 0.717) is 29.7 Å². The van der Waals surface area contributed by atoms with Crippen molar-refractivity contribution in [3.05, 3.63) is 59.7 Å². The van der Waals surface area contributed by atoms with Crippen molar-refractivity contribution in [1.29, 1.82) is 0 Å². The van der Waals surface area contributed by atoms with E-state index in [4.69, 9.17) is 9.47 Å². The Kier molecular flexibility index (Phi) is 8.94. The van der Waals surface area contributed by atoms with Crippen LogP contribution in [0.3, 0.4) is 0 Å². The van der Waals surface area contributed by atoms with Gasteiger partial charge < -0.3 is 14.4 Å².